The smallest absolute Gasteiger partial charge is 0.361 e. The zero-order valence-electron chi connectivity index (χ0n) is 58.8. The third-order valence-corrected chi connectivity index (χ3v) is 16.4. The predicted molar refractivity (Wildman–Crippen MR) is 382 cm³/mol. The fourth-order valence-electron chi connectivity index (χ4n) is 10.7. The number of carboxylic acid groups (broad SMARTS) is 1. The number of likely N-dealkylation sites (N-methyl/N-ethyl adjacent to an activating group) is 1. The zero-order valence-corrected chi connectivity index (χ0v) is 58.8. The second-order valence-electron chi connectivity index (χ2n) is 26.2. The van der Waals surface area contributed by atoms with E-state index in [2.05, 4.69) is 111 Å². The van der Waals surface area contributed by atoms with E-state index in [1.54, 1.807) is 0 Å². The van der Waals surface area contributed by atoms with Crippen LogP contribution in [-0.4, -0.2) is 87.4 Å². The Labute approximate surface area is 550 Å². The van der Waals surface area contributed by atoms with Gasteiger partial charge in [0.2, 0.25) is 0 Å². The van der Waals surface area contributed by atoms with E-state index in [9.17, 15) is 19.5 Å². The molecule has 0 amide bonds. The number of unbranched alkanes of at least 4 members (excludes halogenated alkanes) is 38. The first-order valence-corrected chi connectivity index (χ1v) is 37.4. The lowest BCUT2D eigenvalue weighted by Gasteiger charge is -2.25. The summed E-state index contributed by atoms with van der Waals surface area (Å²) in [5, 5.41) is 9.75. The quantitative estimate of drug-likeness (QED) is 0.0211. The number of carboxylic acids is 1. The number of allylic oxidation sites excluding steroid dienone is 16. The second kappa shape index (κ2) is 70.1. The number of ether oxygens (including phenoxy) is 4. The van der Waals surface area contributed by atoms with Gasteiger partial charge in [-0.15, -0.1) is 0 Å². The van der Waals surface area contributed by atoms with Crippen LogP contribution >= 0.6 is 0 Å². The first-order chi connectivity index (χ1) is 43.6. The van der Waals surface area contributed by atoms with Crippen molar-refractivity contribution in [3.63, 3.8) is 0 Å². The van der Waals surface area contributed by atoms with Crippen molar-refractivity contribution in [3.05, 3.63) is 97.2 Å². The molecule has 0 aliphatic carbocycles. The highest BCUT2D eigenvalue weighted by atomic mass is 16.7. The minimum atomic E-state index is -1.53. The maximum absolute atomic E-state index is 12.9. The van der Waals surface area contributed by atoms with Crippen molar-refractivity contribution in [1.82, 2.24) is 0 Å². The van der Waals surface area contributed by atoms with E-state index in [1.165, 1.54) is 218 Å². The van der Waals surface area contributed by atoms with Gasteiger partial charge in [-0.25, -0.2) is 4.79 Å². The summed E-state index contributed by atoms with van der Waals surface area (Å²) in [6.07, 6.45) is 94.2. The number of nitrogens with zero attached hydrogens (tertiary/aromatic N) is 1. The van der Waals surface area contributed by atoms with Gasteiger partial charge in [0.15, 0.2) is 6.10 Å². The molecule has 9 nitrogen and oxygen atoms in total. The maximum Gasteiger partial charge on any atom is 0.361 e. The van der Waals surface area contributed by atoms with Crippen molar-refractivity contribution in [1.29, 1.82) is 0 Å². The van der Waals surface area contributed by atoms with Crippen LogP contribution in [0.15, 0.2) is 97.2 Å². The van der Waals surface area contributed by atoms with E-state index in [4.69, 9.17) is 18.9 Å². The monoisotopic (exact) mass is 1250 g/mol. The summed E-state index contributed by atoms with van der Waals surface area (Å²) in [4.78, 5) is 37.6. The number of carbonyl (C=O) groups is 3. The molecule has 0 aliphatic rings. The molecule has 0 aromatic rings. The molecule has 0 fully saturated rings. The van der Waals surface area contributed by atoms with Crippen molar-refractivity contribution in [3.8, 4) is 0 Å². The minimum absolute atomic E-state index is 0.175. The summed E-state index contributed by atoms with van der Waals surface area (Å²) in [6.45, 7) is 4.75. The molecule has 0 spiro atoms. The Morgan fingerprint density at radius 1 is 0.348 bits per heavy atom. The topological polar surface area (TPSA) is 108 Å². The highest BCUT2D eigenvalue weighted by molar-refractivity contribution is 5.71. The Hall–Kier alpha value is -3.79. The molecule has 0 rings (SSSR count). The normalized spacial score (nSPS) is 13.2. The fraction of sp³-hybridized carbons (Fsp3) is 0.762. The van der Waals surface area contributed by atoms with E-state index in [0.29, 0.717) is 23.9 Å². The SMILES string of the molecule is CC/C=C\C/C=C\C/C=C\C/C=C\C/C=C\C/C=C\C/C=C\C/C=C\CCCCC(=O)OC(COC(=O)CCCCCCCCCCCCCCCCCCCCCCCCCCCCCCCCCCCCCCC)COC(OCC[N+](C)(C)C)C(=O)O. The number of quaternary nitrogens is 1. The molecule has 9 heteroatoms. The predicted octanol–water partition coefficient (Wildman–Crippen LogP) is 23.6. The molecule has 514 valence electrons. The van der Waals surface area contributed by atoms with Gasteiger partial charge in [0.1, 0.15) is 13.2 Å². The molecule has 0 radical (unpaired) electrons. The van der Waals surface area contributed by atoms with Gasteiger partial charge >= 0.3 is 17.9 Å². The first-order valence-electron chi connectivity index (χ1n) is 37.4. The largest absolute Gasteiger partial charge is 0.477 e. The van der Waals surface area contributed by atoms with Crippen LogP contribution in [0.2, 0.25) is 0 Å². The minimum Gasteiger partial charge on any atom is -0.477 e. The summed E-state index contributed by atoms with van der Waals surface area (Å²) in [7, 11) is 5.96. The highest BCUT2D eigenvalue weighted by Crippen LogP contribution is 2.19. The first kappa shape index (κ1) is 85.2. The average Bonchev–Trinajstić information content (AvgIpc) is 3.64. The Balaban J connectivity index is 4.08. The van der Waals surface area contributed by atoms with Gasteiger partial charge in [-0.3, -0.25) is 9.59 Å². The second-order valence-corrected chi connectivity index (χ2v) is 26.2. The molecule has 2 unspecified atom stereocenters. The molecule has 0 aromatic heterocycles. The standard InChI is InChI=1S/C80H141NO8/c1-6-8-10-12-14-16-18-20-22-24-26-28-30-32-34-35-36-37-38-39-40-41-42-43-45-46-48-50-52-54-56-58-60-62-64-66-68-70-77(82)87-74-76(75-88-80(79(84)85)86-73-72-81(3,4)5)89-78(83)71-69-67-65-63-61-59-57-55-53-51-49-47-44-33-31-29-27-25-23-21-19-17-15-13-11-9-7-2/h9,11,15,17,21,23,27,29,33,44,49,51,55,57,61,63,76,80H,6-8,10,12-14,16,18-20,22,24-26,28,30-32,34-43,45-48,50,52-54,56,58-60,62,64-75H2,1-5H3/p+1/b11-9-,17-15-,23-21-,29-27-,44-33-,51-49-,57-55-,63-61-. The van der Waals surface area contributed by atoms with Crippen LogP contribution in [-0.2, 0) is 33.3 Å². The van der Waals surface area contributed by atoms with Crippen molar-refractivity contribution in [2.45, 2.75) is 347 Å². The summed E-state index contributed by atoms with van der Waals surface area (Å²) in [5.74, 6) is -2.06. The van der Waals surface area contributed by atoms with Crippen molar-refractivity contribution >= 4 is 17.9 Å². The molecule has 0 aromatic carbocycles. The van der Waals surface area contributed by atoms with Gasteiger partial charge in [-0.2, -0.15) is 0 Å². The van der Waals surface area contributed by atoms with Crippen LogP contribution < -0.4 is 0 Å². The Morgan fingerprint density at radius 2 is 0.640 bits per heavy atom. The van der Waals surface area contributed by atoms with Crippen LogP contribution in [0.1, 0.15) is 335 Å². The van der Waals surface area contributed by atoms with E-state index >= 15 is 0 Å². The zero-order chi connectivity index (χ0) is 64.7. The highest BCUT2D eigenvalue weighted by Gasteiger charge is 2.25. The van der Waals surface area contributed by atoms with Gasteiger partial charge < -0.3 is 28.5 Å². The number of hydrogen-bond donors (Lipinski definition) is 1. The van der Waals surface area contributed by atoms with Crippen LogP contribution in [0.25, 0.3) is 0 Å². The van der Waals surface area contributed by atoms with Crippen LogP contribution in [0.5, 0.6) is 0 Å². The van der Waals surface area contributed by atoms with Gasteiger partial charge in [0, 0.05) is 12.8 Å². The van der Waals surface area contributed by atoms with Crippen LogP contribution in [0, 0.1) is 0 Å². The molecular formula is C80H142NO8+. The van der Waals surface area contributed by atoms with Gasteiger partial charge in [0.25, 0.3) is 6.29 Å². The number of carbonyl (C=O) groups excluding carboxylic acids is 2. The summed E-state index contributed by atoms with van der Waals surface area (Å²) in [5.41, 5.74) is 0. The lowest BCUT2D eigenvalue weighted by molar-refractivity contribution is -0.870. The van der Waals surface area contributed by atoms with Gasteiger partial charge in [0.05, 0.1) is 34.4 Å². The molecular weight excluding hydrogens is 1100 g/mol. The Morgan fingerprint density at radius 3 is 0.955 bits per heavy atom. The summed E-state index contributed by atoms with van der Waals surface area (Å²) < 4.78 is 22.9. The molecule has 0 saturated carbocycles. The molecule has 89 heavy (non-hydrogen) atoms. The molecule has 0 saturated heterocycles. The molecule has 0 bridgehead atoms. The van der Waals surface area contributed by atoms with Gasteiger partial charge in [-0.1, -0.05) is 342 Å². The van der Waals surface area contributed by atoms with E-state index < -0.39 is 24.3 Å². The summed E-state index contributed by atoms with van der Waals surface area (Å²) >= 11 is 0. The summed E-state index contributed by atoms with van der Waals surface area (Å²) in [6, 6.07) is 0. The fourth-order valence-corrected chi connectivity index (χ4v) is 10.7. The molecule has 1 N–H and O–H groups in total. The van der Waals surface area contributed by atoms with Gasteiger partial charge in [-0.05, 0) is 77.0 Å². The number of esters is 2. The van der Waals surface area contributed by atoms with E-state index in [0.717, 1.165) is 83.5 Å². The lowest BCUT2D eigenvalue weighted by atomic mass is 10.0. The van der Waals surface area contributed by atoms with Crippen LogP contribution in [0.3, 0.4) is 0 Å². The van der Waals surface area contributed by atoms with Crippen molar-refractivity contribution < 1.29 is 42.9 Å². The van der Waals surface area contributed by atoms with E-state index in [-0.39, 0.29) is 32.2 Å². The molecule has 2 atom stereocenters. The number of rotatable bonds is 69. The number of hydrogen-bond acceptors (Lipinski definition) is 7. The van der Waals surface area contributed by atoms with Crippen molar-refractivity contribution in [2.24, 2.45) is 0 Å². The molecule has 0 heterocycles. The number of aliphatic carboxylic acids is 1. The third-order valence-electron chi connectivity index (χ3n) is 16.4. The maximum atomic E-state index is 12.9. The molecule has 0 aliphatic heterocycles. The van der Waals surface area contributed by atoms with Crippen molar-refractivity contribution in [2.75, 3.05) is 47.5 Å². The Kier molecular flexibility index (Phi) is 67.1. The Bertz CT molecular complexity index is 1790. The third kappa shape index (κ3) is 71.5. The lowest BCUT2D eigenvalue weighted by Crippen LogP contribution is -2.40. The van der Waals surface area contributed by atoms with E-state index in [1.807, 2.05) is 21.1 Å². The van der Waals surface area contributed by atoms with Crippen LogP contribution in [0.4, 0.5) is 0 Å². The average molecular weight is 1250 g/mol.